The zero-order valence-corrected chi connectivity index (χ0v) is 4.81. The predicted molar refractivity (Wildman–Crippen MR) is 33.1 cm³/mol. The molecule has 0 fully saturated rings. The van der Waals surface area contributed by atoms with Crippen LogP contribution in [0.3, 0.4) is 0 Å². The van der Waals surface area contributed by atoms with Gasteiger partial charge in [0.05, 0.1) is 11.6 Å². The first kappa shape index (κ1) is 6.75. The van der Waals surface area contributed by atoms with E-state index in [1.54, 1.807) is 12.2 Å². The number of rotatable bonds is 1. The molecule has 1 heteroatoms. The maximum Gasteiger partial charge on any atom is 0.0991 e. The highest BCUT2D eigenvalue weighted by atomic mass is 14.2. The summed E-state index contributed by atoms with van der Waals surface area (Å²) in [5, 5.41) is 8.13. The van der Waals surface area contributed by atoms with E-state index in [2.05, 4.69) is 12.3 Å². The lowest BCUT2D eigenvalue weighted by Gasteiger charge is -1.70. The Kier molecular flexibility index (Phi) is 3.31. The molecule has 0 spiro atoms. The maximum atomic E-state index is 8.13. The molecule has 0 aromatic heterocycles. The molecule has 40 valence electrons. The van der Waals surface area contributed by atoms with Gasteiger partial charge in [-0.15, -0.1) is 5.73 Å². The lowest BCUT2D eigenvalue weighted by molar-refractivity contribution is 1.51. The van der Waals surface area contributed by atoms with E-state index < -0.39 is 0 Å². The van der Waals surface area contributed by atoms with Crippen LogP contribution in [0.2, 0.25) is 0 Å². The number of nitrogens with zero attached hydrogens (tertiary/aromatic N) is 1. The van der Waals surface area contributed by atoms with Crippen LogP contribution in [0.5, 0.6) is 0 Å². The van der Waals surface area contributed by atoms with Crippen LogP contribution in [0.1, 0.15) is 6.92 Å². The summed E-state index contributed by atoms with van der Waals surface area (Å²) in [5.41, 5.74) is 3.16. The predicted octanol–water partition coefficient (Wildman–Crippen LogP) is 1.80. The Morgan fingerprint density at radius 3 is 2.75 bits per heavy atom. The Labute approximate surface area is 49.3 Å². The van der Waals surface area contributed by atoms with E-state index in [4.69, 9.17) is 5.26 Å². The lowest BCUT2D eigenvalue weighted by Crippen LogP contribution is -1.59. The van der Waals surface area contributed by atoms with Crippen LogP contribution in [0.15, 0.2) is 30.0 Å². The lowest BCUT2D eigenvalue weighted by atomic mass is 10.3. The van der Waals surface area contributed by atoms with Crippen LogP contribution < -0.4 is 0 Å². The first-order chi connectivity index (χ1) is 3.81. The van der Waals surface area contributed by atoms with Crippen molar-refractivity contribution >= 4 is 0 Å². The Morgan fingerprint density at radius 1 is 1.75 bits per heavy atom. The molecule has 0 saturated carbocycles. The summed E-state index contributed by atoms with van der Waals surface area (Å²) in [6, 6.07) is 1.87. The minimum absolute atomic E-state index is 0.433. The van der Waals surface area contributed by atoms with E-state index in [9.17, 15) is 0 Å². The second-order valence-electron chi connectivity index (χ2n) is 1.24. The van der Waals surface area contributed by atoms with Gasteiger partial charge in [-0.05, 0) is 19.1 Å². The first-order valence-corrected chi connectivity index (χ1v) is 2.27. The quantitative estimate of drug-likeness (QED) is 0.283. The van der Waals surface area contributed by atoms with E-state index in [1.807, 2.05) is 13.0 Å². The summed E-state index contributed by atoms with van der Waals surface area (Å²) < 4.78 is 0. The molecule has 0 aliphatic heterocycles. The Bertz CT molecular complexity index is 175. The molecule has 0 aromatic rings. The monoisotopic (exact) mass is 105 g/mol. The second kappa shape index (κ2) is 3.92. The van der Waals surface area contributed by atoms with Crippen molar-refractivity contribution in [1.82, 2.24) is 0 Å². The van der Waals surface area contributed by atoms with Gasteiger partial charge < -0.3 is 0 Å². The van der Waals surface area contributed by atoms with Crippen molar-refractivity contribution in [2.24, 2.45) is 0 Å². The largest absolute Gasteiger partial charge is 0.192 e. The third-order valence-corrected chi connectivity index (χ3v) is 0.568. The van der Waals surface area contributed by atoms with E-state index >= 15 is 0 Å². The fourth-order valence-electron chi connectivity index (χ4n) is 0.216. The normalized spacial score (nSPS) is 6.00. The summed E-state index contributed by atoms with van der Waals surface area (Å²) in [7, 11) is 0. The molecule has 0 aliphatic carbocycles. The number of hydrogen-bond acceptors (Lipinski definition) is 1. The smallest absolute Gasteiger partial charge is 0.0991 e. The zero-order valence-electron chi connectivity index (χ0n) is 4.81. The second-order valence-corrected chi connectivity index (χ2v) is 1.24. The fourth-order valence-corrected chi connectivity index (χ4v) is 0.216. The molecule has 1 nitrogen and oxygen atoms in total. The molecule has 0 unspecified atom stereocenters. The van der Waals surface area contributed by atoms with Gasteiger partial charge in [0.1, 0.15) is 0 Å². The van der Waals surface area contributed by atoms with E-state index in [1.165, 1.54) is 0 Å². The molecule has 0 rings (SSSR count). The average Bonchev–Trinajstić information content (AvgIpc) is 1.83. The fraction of sp³-hybridized carbons (Fsp3) is 0.143. The maximum absolute atomic E-state index is 8.13. The van der Waals surface area contributed by atoms with Crippen LogP contribution >= 0.6 is 0 Å². The van der Waals surface area contributed by atoms with Crippen molar-refractivity contribution < 1.29 is 0 Å². The molecule has 0 saturated heterocycles. The molecular formula is C7H7N. The van der Waals surface area contributed by atoms with Gasteiger partial charge in [0.25, 0.3) is 0 Å². The SMILES string of the molecule is C=C(C#N)C=C=CC. The van der Waals surface area contributed by atoms with Crippen molar-refractivity contribution in [2.45, 2.75) is 6.92 Å². The average molecular weight is 105 g/mol. The molecule has 0 heterocycles. The Hall–Kier alpha value is -1.25. The molecule has 0 aliphatic rings. The Morgan fingerprint density at radius 2 is 2.38 bits per heavy atom. The van der Waals surface area contributed by atoms with Crippen molar-refractivity contribution in [3.05, 3.63) is 30.0 Å². The highest BCUT2D eigenvalue weighted by molar-refractivity contribution is 5.28. The van der Waals surface area contributed by atoms with Crippen LogP contribution in [-0.4, -0.2) is 0 Å². The molecule has 0 radical (unpaired) electrons. The molecular weight excluding hydrogens is 98.1 g/mol. The van der Waals surface area contributed by atoms with Crippen molar-refractivity contribution in [2.75, 3.05) is 0 Å². The van der Waals surface area contributed by atoms with Gasteiger partial charge in [-0.2, -0.15) is 5.26 Å². The number of hydrogen-bond donors (Lipinski definition) is 0. The van der Waals surface area contributed by atoms with Gasteiger partial charge in [-0.25, -0.2) is 0 Å². The van der Waals surface area contributed by atoms with Gasteiger partial charge >= 0.3 is 0 Å². The minimum Gasteiger partial charge on any atom is -0.192 e. The van der Waals surface area contributed by atoms with Gasteiger partial charge in [-0.3, -0.25) is 0 Å². The minimum atomic E-state index is 0.433. The van der Waals surface area contributed by atoms with E-state index in [0.29, 0.717) is 5.57 Å². The number of allylic oxidation sites excluding steroid dienone is 2. The van der Waals surface area contributed by atoms with Crippen LogP contribution in [0, 0.1) is 11.3 Å². The third-order valence-electron chi connectivity index (χ3n) is 0.568. The van der Waals surface area contributed by atoms with E-state index in [0.717, 1.165) is 0 Å². The van der Waals surface area contributed by atoms with Crippen molar-refractivity contribution in [3.8, 4) is 6.07 Å². The summed E-state index contributed by atoms with van der Waals surface area (Å²) in [6.07, 6.45) is 3.27. The van der Waals surface area contributed by atoms with Crippen molar-refractivity contribution in [1.29, 1.82) is 5.26 Å². The highest BCUT2D eigenvalue weighted by Gasteiger charge is 1.74. The molecule has 0 amide bonds. The van der Waals surface area contributed by atoms with Crippen LogP contribution in [0.4, 0.5) is 0 Å². The standard InChI is InChI=1S/C7H7N/c1-3-4-5-7(2)6-8/h3,5H,2H2,1H3. The summed E-state index contributed by atoms with van der Waals surface area (Å²) in [6.45, 7) is 5.25. The molecule has 0 aromatic carbocycles. The molecule has 0 N–H and O–H groups in total. The number of nitriles is 1. The van der Waals surface area contributed by atoms with Crippen LogP contribution in [0.25, 0.3) is 0 Å². The van der Waals surface area contributed by atoms with Crippen LogP contribution in [-0.2, 0) is 0 Å². The van der Waals surface area contributed by atoms with E-state index in [-0.39, 0.29) is 0 Å². The Balaban J connectivity index is 3.96. The first-order valence-electron chi connectivity index (χ1n) is 2.27. The summed E-state index contributed by atoms with van der Waals surface area (Å²) in [5.74, 6) is 0. The highest BCUT2D eigenvalue weighted by Crippen LogP contribution is 1.84. The zero-order chi connectivity index (χ0) is 6.41. The molecule has 0 atom stereocenters. The topological polar surface area (TPSA) is 23.8 Å². The van der Waals surface area contributed by atoms with Crippen molar-refractivity contribution in [3.63, 3.8) is 0 Å². The third kappa shape index (κ3) is 2.96. The van der Waals surface area contributed by atoms with Gasteiger partial charge in [0.2, 0.25) is 0 Å². The molecule has 0 bridgehead atoms. The van der Waals surface area contributed by atoms with Gasteiger partial charge in [-0.1, -0.05) is 6.58 Å². The van der Waals surface area contributed by atoms with Gasteiger partial charge in [0, 0.05) is 0 Å². The summed E-state index contributed by atoms with van der Waals surface area (Å²) >= 11 is 0. The van der Waals surface area contributed by atoms with Gasteiger partial charge in [0.15, 0.2) is 0 Å². The summed E-state index contributed by atoms with van der Waals surface area (Å²) in [4.78, 5) is 0. The molecule has 8 heavy (non-hydrogen) atoms.